The van der Waals surface area contributed by atoms with E-state index < -0.39 is 0 Å². The number of rotatable bonds is 3. The Balaban J connectivity index is 0.00000112. The van der Waals surface area contributed by atoms with E-state index in [4.69, 9.17) is 0 Å². The van der Waals surface area contributed by atoms with Crippen molar-refractivity contribution in [2.24, 2.45) is 0 Å². The molecule has 2 aromatic rings. The van der Waals surface area contributed by atoms with Crippen molar-refractivity contribution in [3.05, 3.63) is 72.0 Å². The Kier molecular flexibility index (Phi) is 5.50. The minimum absolute atomic E-state index is 0. The Labute approximate surface area is 107 Å². The molecule has 0 aromatic heterocycles. The molecule has 15 heavy (non-hydrogen) atoms. The van der Waals surface area contributed by atoms with Crippen molar-refractivity contribution >= 4 is 11.8 Å². The van der Waals surface area contributed by atoms with Gasteiger partial charge in [-0.05, 0) is 17.0 Å². The first-order chi connectivity index (χ1) is 6.95. The van der Waals surface area contributed by atoms with Crippen LogP contribution < -0.4 is 18.9 Å². The van der Waals surface area contributed by atoms with E-state index in [1.54, 1.807) is 11.8 Å². The predicted molar refractivity (Wildman–Crippen MR) is 62.1 cm³/mol. The van der Waals surface area contributed by atoms with Crippen LogP contribution in [0.5, 0.6) is 0 Å². The zero-order valence-electron chi connectivity index (χ0n) is 8.76. The van der Waals surface area contributed by atoms with Gasteiger partial charge in [-0.1, -0.05) is 24.3 Å². The largest absolute Gasteiger partial charge is 1.00 e. The van der Waals surface area contributed by atoms with Crippen molar-refractivity contribution in [2.75, 3.05) is 0 Å². The number of benzene rings is 2. The zero-order valence-corrected chi connectivity index (χ0v) is 9.58. The smallest absolute Gasteiger partial charge is 0.182 e. The minimum atomic E-state index is 0. The maximum Gasteiger partial charge on any atom is 1.00 e. The van der Waals surface area contributed by atoms with E-state index in [1.165, 1.54) is 10.5 Å². The summed E-state index contributed by atoms with van der Waals surface area (Å²) in [5, 5.41) is 0. The Morgan fingerprint density at radius 2 is 1.27 bits per heavy atom. The second kappa shape index (κ2) is 6.69. The molecular formula is C13H11LiS. The van der Waals surface area contributed by atoms with Gasteiger partial charge in [0.05, 0.1) is 0 Å². The minimum Gasteiger partial charge on any atom is -0.182 e. The summed E-state index contributed by atoms with van der Waals surface area (Å²) in [5.74, 6) is 2.16. The fraction of sp³-hybridized carbons (Fsp3) is 0. The molecule has 0 atom stereocenters. The second-order valence-corrected chi connectivity index (χ2v) is 3.90. The van der Waals surface area contributed by atoms with Gasteiger partial charge in [0.25, 0.3) is 0 Å². The molecule has 0 saturated carbocycles. The maximum atomic E-state index is 2.16. The summed E-state index contributed by atoms with van der Waals surface area (Å²) in [6, 6.07) is 20.7. The van der Waals surface area contributed by atoms with Gasteiger partial charge in [-0.25, -0.2) is 0 Å². The molecule has 0 N–H and O–H groups in total. The van der Waals surface area contributed by atoms with Crippen molar-refractivity contribution in [1.29, 1.82) is 0 Å². The van der Waals surface area contributed by atoms with Crippen LogP contribution in [0.25, 0.3) is 0 Å². The first-order valence-corrected chi connectivity index (χ1v) is 5.43. The van der Waals surface area contributed by atoms with Crippen LogP contribution in [0.1, 0.15) is 5.56 Å². The Hall–Kier alpha value is -0.743. The topological polar surface area (TPSA) is 0 Å². The molecule has 0 fully saturated rings. The van der Waals surface area contributed by atoms with Crippen LogP contribution in [0, 0.1) is 5.75 Å². The van der Waals surface area contributed by atoms with E-state index in [0.717, 1.165) is 0 Å². The molecule has 0 saturated heterocycles. The molecule has 0 nitrogen and oxygen atoms in total. The van der Waals surface area contributed by atoms with Crippen LogP contribution in [0.2, 0.25) is 0 Å². The second-order valence-electron chi connectivity index (χ2n) is 2.96. The van der Waals surface area contributed by atoms with Crippen molar-refractivity contribution in [1.82, 2.24) is 0 Å². The summed E-state index contributed by atoms with van der Waals surface area (Å²) in [7, 11) is 0. The Bertz CT molecular complexity index is 333. The van der Waals surface area contributed by atoms with E-state index in [1.807, 2.05) is 12.1 Å². The first kappa shape index (κ1) is 12.3. The van der Waals surface area contributed by atoms with Crippen LogP contribution in [-0.2, 0) is 0 Å². The van der Waals surface area contributed by atoms with Gasteiger partial charge in [0.2, 0.25) is 0 Å². The van der Waals surface area contributed by atoms with Gasteiger partial charge in [-0.3, -0.25) is 0 Å². The van der Waals surface area contributed by atoms with Gasteiger partial charge in [0, 0.05) is 0 Å². The third-order valence-corrected chi connectivity index (χ3v) is 2.81. The predicted octanol–water partition coefficient (Wildman–Crippen LogP) is 0.993. The van der Waals surface area contributed by atoms with E-state index >= 15 is 0 Å². The Morgan fingerprint density at radius 3 is 1.87 bits per heavy atom. The first-order valence-electron chi connectivity index (χ1n) is 4.55. The average Bonchev–Trinajstić information content (AvgIpc) is 2.29. The summed E-state index contributed by atoms with van der Waals surface area (Å²) in [5.41, 5.74) is 1.25. The molecule has 0 amide bonds. The third kappa shape index (κ3) is 4.09. The van der Waals surface area contributed by atoms with Gasteiger partial charge in [0.1, 0.15) is 0 Å². The van der Waals surface area contributed by atoms with E-state index in [0.29, 0.717) is 0 Å². The van der Waals surface area contributed by atoms with Crippen LogP contribution in [0.4, 0.5) is 0 Å². The van der Waals surface area contributed by atoms with Crippen LogP contribution in [0.15, 0.2) is 65.6 Å². The van der Waals surface area contributed by atoms with Crippen molar-refractivity contribution < 1.29 is 18.9 Å². The van der Waals surface area contributed by atoms with Gasteiger partial charge in [-0.15, -0.1) is 17.9 Å². The summed E-state index contributed by atoms with van der Waals surface area (Å²) in [6.07, 6.45) is 0. The van der Waals surface area contributed by atoms with Crippen molar-refractivity contribution in [2.45, 2.75) is 4.90 Å². The van der Waals surface area contributed by atoms with Gasteiger partial charge >= 0.3 is 18.9 Å². The molecule has 0 radical (unpaired) electrons. The molecule has 0 aliphatic heterocycles. The summed E-state index contributed by atoms with van der Waals surface area (Å²) in [4.78, 5) is 1.27. The van der Waals surface area contributed by atoms with Crippen LogP contribution in [-0.4, -0.2) is 0 Å². The molecule has 0 bridgehead atoms. The molecule has 0 spiro atoms. The van der Waals surface area contributed by atoms with Crippen LogP contribution in [0.3, 0.4) is 0 Å². The standard InChI is InChI=1S/C13H11S.Li/c1-3-7-12(8-4-1)11-14-13-9-5-2-6-10-13;/h1-11H;/q-1;+1. The quantitative estimate of drug-likeness (QED) is 0.410. The molecule has 0 aliphatic rings. The molecule has 0 unspecified atom stereocenters. The SMILES string of the molecule is [Li+].c1ccc([CH-]Sc2ccccc2)cc1. The van der Waals surface area contributed by atoms with Crippen molar-refractivity contribution in [3.8, 4) is 0 Å². The number of hydrogen-bond donors (Lipinski definition) is 0. The third-order valence-electron chi connectivity index (χ3n) is 1.87. The number of thioether (sulfide) groups is 1. The molecule has 0 heterocycles. The molecule has 70 valence electrons. The molecule has 0 aliphatic carbocycles. The molecule has 2 heteroatoms. The summed E-state index contributed by atoms with van der Waals surface area (Å²) < 4.78 is 0. The monoisotopic (exact) mass is 206 g/mol. The fourth-order valence-corrected chi connectivity index (χ4v) is 1.91. The van der Waals surface area contributed by atoms with E-state index in [9.17, 15) is 0 Å². The van der Waals surface area contributed by atoms with Gasteiger partial charge in [-0.2, -0.15) is 29.5 Å². The van der Waals surface area contributed by atoms with Gasteiger partial charge < -0.3 is 0 Å². The van der Waals surface area contributed by atoms with Crippen molar-refractivity contribution in [3.63, 3.8) is 0 Å². The molecular weight excluding hydrogens is 195 g/mol. The van der Waals surface area contributed by atoms with Crippen LogP contribution >= 0.6 is 11.8 Å². The number of hydrogen-bond acceptors (Lipinski definition) is 1. The van der Waals surface area contributed by atoms with E-state index in [2.05, 4.69) is 54.3 Å². The van der Waals surface area contributed by atoms with Gasteiger partial charge in [0.15, 0.2) is 0 Å². The Morgan fingerprint density at radius 1 is 0.733 bits per heavy atom. The zero-order chi connectivity index (χ0) is 9.64. The molecule has 2 rings (SSSR count). The summed E-state index contributed by atoms with van der Waals surface area (Å²) >= 11 is 1.75. The summed E-state index contributed by atoms with van der Waals surface area (Å²) in [6.45, 7) is 0. The average molecular weight is 206 g/mol. The molecule has 2 aromatic carbocycles. The van der Waals surface area contributed by atoms with E-state index in [-0.39, 0.29) is 18.9 Å². The fourth-order valence-electron chi connectivity index (χ4n) is 1.17. The normalized spacial score (nSPS) is 9.07. The maximum absolute atomic E-state index is 2.16.